The van der Waals surface area contributed by atoms with Crippen LogP contribution in [-0.2, 0) is 4.84 Å². The minimum atomic E-state index is -0.723. The van der Waals surface area contributed by atoms with Crippen LogP contribution in [0.5, 0.6) is 0 Å². The number of benzene rings is 1. The van der Waals surface area contributed by atoms with Gasteiger partial charge in [0.1, 0.15) is 0 Å². The van der Waals surface area contributed by atoms with Crippen molar-refractivity contribution in [2.75, 3.05) is 6.61 Å². The zero-order chi connectivity index (χ0) is 16.5. The molecule has 4 N–H and O–H groups in total. The van der Waals surface area contributed by atoms with Crippen molar-refractivity contribution < 1.29 is 4.84 Å². The fourth-order valence-electron chi connectivity index (χ4n) is 2.20. The number of aliphatic imine (C=N–C) groups is 2. The van der Waals surface area contributed by atoms with Crippen LogP contribution in [0.25, 0.3) is 0 Å². The van der Waals surface area contributed by atoms with Gasteiger partial charge in [-0.2, -0.15) is 10.1 Å². The van der Waals surface area contributed by atoms with Gasteiger partial charge >= 0.3 is 0 Å². The molecule has 0 amide bonds. The Bertz CT molecular complexity index is 630. The number of rotatable bonds is 4. The number of nitrogens with two attached hydrogens (primary N) is 2. The van der Waals surface area contributed by atoms with Gasteiger partial charge in [-0.25, -0.2) is 4.99 Å². The zero-order valence-electron chi connectivity index (χ0n) is 12.7. The Labute approximate surface area is 139 Å². The smallest absolute Gasteiger partial charge is 0.226 e. The van der Waals surface area contributed by atoms with E-state index in [0.717, 1.165) is 5.56 Å². The summed E-state index contributed by atoms with van der Waals surface area (Å²) in [6.07, 6.45) is 0. The van der Waals surface area contributed by atoms with E-state index in [9.17, 15) is 0 Å². The number of hydrogen-bond acceptors (Lipinski definition) is 6. The molecule has 1 heterocycles. The van der Waals surface area contributed by atoms with Crippen LogP contribution in [0, 0.1) is 0 Å². The van der Waals surface area contributed by atoms with E-state index in [1.807, 2.05) is 26.8 Å². The quantitative estimate of drug-likeness (QED) is 0.879. The maximum Gasteiger partial charge on any atom is 0.226 e. The molecule has 0 aliphatic carbocycles. The van der Waals surface area contributed by atoms with Crippen LogP contribution in [0.15, 0.2) is 28.2 Å². The molecule has 1 aromatic carbocycles. The molecule has 0 saturated carbocycles. The van der Waals surface area contributed by atoms with E-state index >= 15 is 0 Å². The molecule has 1 atom stereocenters. The van der Waals surface area contributed by atoms with Crippen LogP contribution in [0.1, 0.15) is 32.3 Å². The highest BCUT2D eigenvalue weighted by Crippen LogP contribution is 2.28. The average Bonchev–Trinajstić information content (AvgIpc) is 2.35. The number of guanidine groups is 2. The number of halogens is 2. The summed E-state index contributed by atoms with van der Waals surface area (Å²) in [5, 5.41) is 2.65. The van der Waals surface area contributed by atoms with E-state index in [1.165, 1.54) is 5.06 Å². The summed E-state index contributed by atoms with van der Waals surface area (Å²) < 4.78 is 0. The van der Waals surface area contributed by atoms with Crippen molar-refractivity contribution in [2.24, 2.45) is 21.5 Å². The minimum absolute atomic E-state index is 0.0385. The van der Waals surface area contributed by atoms with Gasteiger partial charge in [0.05, 0.1) is 6.61 Å². The molecule has 8 heteroatoms. The lowest BCUT2D eigenvalue weighted by Gasteiger charge is -2.37. The normalized spacial score (nSPS) is 18.7. The molecule has 0 radical (unpaired) electrons. The summed E-state index contributed by atoms with van der Waals surface area (Å²) in [7, 11) is 0. The second-order valence-electron chi connectivity index (χ2n) is 5.59. The third kappa shape index (κ3) is 3.63. The number of hydroxylamine groups is 2. The van der Waals surface area contributed by atoms with Crippen molar-refractivity contribution in [1.82, 2.24) is 5.06 Å². The predicted molar refractivity (Wildman–Crippen MR) is 90.0 cm³/mol. The molecule has 1 aliphatic heterocycles. The first-order valence-corrected chi connectivity index (χ1v) is 7.54. The van der Waals surface area contributed by atoms with Gasteiger partial charge in [-0.3, -0.25) is 4.84 Å². The van der Waals surface area contributed by atoms with Gasteiger partial charge in [0.25, 0.3) is 0 Å². The summed E-state index contributed by atoms with van der Waals surface area (Å²) >= 11 is 12.1. The first-order chi connectivity index (χ1) is 10.2. The fraction of sp³-hybridized carbons (Fsp3) is 0.429. The maximum absolute atomic E-state index is 6.21. The second kappa shape index (κ2) is 6.32. The lowest BCUT2D eigenvalue weighted by atomic mass is 10.0. The largest absolute Gasteiger partial charge is 0.368 e. The van der Waals surface area contributed by atoms with E-state index in [4.69, 9.17) is 39.5 Å². The summed E-state index contributed by atoms with van der Waals surface area (Å²) in [4.78, 5) is 13.9. The molecule has 0 fully saturated rings. The molecule has 0 saturated heterocycles. The summed E-state index contributed by atoms with van der Waals surface area (Å²) in [5.41, 5.74) is 11.7. The highest BCUT2D eigenvalue weighted by atomic mass is 35.5. The Morgan fingerprint density at radius 1 is 1.32 bits per heavy atom. The van der Waals surface area contributed by atoms with E-state index < -0.39 is 5.66 Å². The fourth-order valence-corrected chi connectivity index (χ4v) is 2.79. The van der Waals surface area contributed by atoms with Crippen LogP contribution in [-0.4, -0.2) is 29.3 Å². The Morgan fingerprint density at radius 3 is 2.59 bits per heavy atom. The topological polar surface area (TPSA) is 89.2 Å². The van der Waals surface area contributed by atoms with Crippen molar-refractivity contribution >= 4 is 35.1 Å². The monoisotopic (exact) mass is 343 g/mol. The van der Waals surface area contributed by atoms with Gasteiger partial charge in [-0.05, 0) is 31.5 Å². The zero-order valence-corrected chi connectivity index (χ0v) is 14.2. The lowest BCUT2D eigenvalue weighted by Crippen LogP contribution is -2.54. The maximum atomic E-state index is 6.21. The molecule has 2 rings (SSSR count). The van der Waals surface area contributed by atoms with Gasteiger partial charge in [-0.15, -0.1) is 0 Å². The van der Waals surface area contributed by atoms with E-state index in [0.29, 0.717) is 16.7 Å². The van der Waals surface area contributed by atoms with Gasteiger partial charge in [-0.1, -0.05) is 36.2 Å². The molecule has 22 heavy (non-hydrogen) atoms. The van der Waals surface area contributed by atoms with E-state index in [-0.39, 0.29) is 17.8 Å². The lowest BCUT2D eigenvalue weighted by molar-refractivity contribution is -0.160. The van der Waals surface area contributed by atoms with Crippen molar-refractivity contribution in [3.8, 4) is 0 Å². The van der Waals surface area contributed by atoms with Crippen molar-refractivity contribution in [1.29, 1.82) is 0 Å². The molecule has 120 valence electrons. The molecule has 0 aromatic heterocycles. The molecule has 6 nitrogen and oxygen atoms in total. The summed E-state index contributed by atoms with van der Waals surface area (Å²) in [6.45, 7) is 6.02. The number of nitrogens with zero attached hydrogens (tertiary/aromatic N) is 3. The van der Waals surface area contributed by atoms with Crippen LogP contribution in [0.4, 0.5) is 0 Å². The number of hydrogen-bond donors (Lipinski definition) is 2. The third-order valence-corrected chi connectivity index (χ3v) is 3.83. The molecule has 1 aromatic rings. The highest BCUT2D eigenvalue weighted by molar-refractivity contribution is 6.35. The molecule has 1 unspecified atom stereocenters. The first kappa shape index (κ1) is 16.9. The van der Waals surface area contributed by atoms with Crippen molar-refractivity contribution in [3.05, 3.63) is 33.8 Å². The molecular formula is C14H19Cl2N5O. The van der Waals surface area contributed by atoms with Gasteiger partial charge in [0, 0.05) is 16.0 Å². The van der Waals surface area contributed by atoms with Crippen LogP contribution < -0.4 is 11.5 Å². The molecule has 0 spiro atoms. The van der Waals surface area contributed by atoms with Gasteiger partial charge in [0.2, 0.25) is 11.9 Å². The van der Waals surface area contributed by atoms with Crippen LogP contribution >= 0.6 is 23.2 Å². The second-order valence-corrected chi connectivity index (χ2v) is 6.44. The summed E-state index contributed by atoms with van der Waals surface area (Å²) in [5.74, 6) is 0.347. The van der Waals surface area contributed by atoms with E-state index in [2.05, 4.69) is 9.98 Å². The highest BCUT2D eigenvalue weighted by Gasteiger charge is 2.33. The van der Waals surface area contributed by atoms with Crippen LogP contribution in [0.2, 0.25) is 10.0 Å². The predicted octanol–water partition coefficient (Wildman–Crippen LogP) is 2.71. The van der Waals surface area contributed by atoms with Crippen molar-refractivity contribution in [3.63, 3.8) is 0 Å². The Kier molecular flexibility index (Phi) is 4.84. The Hall–Kier alpha value is -1.50. The molecule has 1 aliphatic rings. The Balaban J connectivity index is 2.08. The molecule has 0 bridgehead atoms. The van der Waals surface area contributed by atoms with Gasteiger partial charge < -0.3 is 11.5 Å². The third-order valence-electron chi connectivity index (χ3n) is 3.27. The minimum Gasteiger partial charge on any atom is -0.368 e. The van der Waals surface area contributed by atoms with E-state index in [1.54, 1.807) is 12.1 Å². The van der Waals surface area contributed by atoms with Gasteiger partial charge in [0.15, 0.2) is 5.66 Å². The molecular weight excluding hydrogens is 325 g/mol. The Morgan fingerprint density at radius 2 is 2.00 bits per heavy atom. The SMILES string of the molecule is CC(CON1C(N)=NC(N)=NC1(C)C)c1ccc(Cl)cc1Cl. The van der Waals surface area contributed by atoms with Crippen molar-refractivity contribution in [2.45, 2.75) is 32.4 Å². The standard InChI is InChI=1S/C14H19Cl2N5O/c1-8(10-5-4-9(15)6-11(10)16)7-22-21-13(18)19-12(17)20-14(21,2)3/h4-6,8H,7H2,1-3H3,(H4,17,18,19,20). The first-order valence-electron chi connectivity index (χ1n) is 6.78. The average molecular weight is 344 g/mol. The van der Waals surface area contributed by atoms with Crippen LogP contribution in [0.3, 0.4) is 0 Å². The summed E-state index contributed by atoms with van der Waals surface area (Å²) in [6, 6.07) is 5.39.